The highest BCUT2D eigenvalue weighted by Gasteiger charge is 2.31. The maximum Gasteiger partial charge on any atom is 0.307 e. The fourth-order valence-electron chi connectivity index (χ4n) is 2.98. The van der Waals surface area contributed by atoms with E-state index in [1.54, 1.807) is 0 Å². The summed E-state index contributed by atoms with van der Waals surface area (Å²) in [5.41, 5.74) is 2.45. The zero-order valence-corrected chi connectivity index (χ0v) is 11.6. The van der Waals surface area contributed by atoms with Crippen LogP contribution in [0.1, 0.15) is 49.7 Å². The average molecular weight is 261 g/mol. The number of carboxylic acids is 1. The van der Waals surface area contributed by atoms with E-state index in [0.29, 0.717) is 0 Å². The second kappa shape index (κ2) is 6.71. The molecule has 0 saturated heterocycles. The summed E-state index contributed by atoms with van der Waals surface area (Å²) in [6.45, 7) is 3.93. The van der Waals surface area contributed by atoms with Crippen LogP contribution < -0.4 is 5.32 Å². The standard InChI is InChI=1S/C16H23NO2/c1-2-17-11-12-7-9-13(10-8-12)14-5-3-4-6-15(14)16(18)19/h7-10,14-15,17H,2-6,11H2,1H3,(H,18,19)/t14-,15-/m0/s1. The molecule has 0 radical (unpaired) electrons. The van der Waals surface area contributed by atoms with Crippen molar-refractivity contribution < 1.29 is 9.90 Å². The summed E-state index contributed by atoms with van der Waals surface area (Å²) in [5, 5.41) is 12.6. The van der Waals surface area contributed by atoms with E-state index in [1.165, 1.54) is 11.1 Å². The first-order valence-corrected chi connectivity index (χ1v) is 7.24. The van der Waals surface area contributed by atoms with Crippen LogP contribution in [0.3, 0.4) is 0 Å². The lowest BCUT2D eigenvalue weighted by Gasteiger charge is -2.29. The molecule has 1 saturated carbocycles. The lowest BCUT2D eigenvalue weighted by atomic mass is 9.75. The van der Waals surface area contributed by atoms with Gasteiger partial charge in [0.05, 0.1) is 5.92 Å². The summed E-state index contributed by atoms with van der Waals surface area (Å²) in [6, 6.07) is 8.45. The molecule has 0 aliphatic heterocycles. The van der Waals surface area contributed by atoms with Crippen LogP contribution in [0.2, 0.25) is 0 Å². The fourth-order valence-corrected chi connectivity index (χ4v) is 2.98. The van der Waals surface area contributed by atoms with Gasteiger partial charge in [-0.2, -0.15) is 0 Å². The highest BCUT2D eigenvalue weighted by atomic mass is 16.4. The minimum absolute atomic E-state index is 0.194. The summed E-state index contributed by atoms with van der Waals surface area (Å²) >= 11 is 0. The summed E-state index contributed by atoms with van der Waals surface area (Å²) in [7, 11) is 0. The van der Waals surface area contributed by atoms with Crippen molar-refractivity contribution in [1.82, 2.24) is 5.32 Å². The van der Waals surface area contributed by atoms with Gasteiger partial charge < -0.3 is 10.4 Å². The molecule has 2 N–H and O–H groups in total. The zero-order chi connectivity index (χ0) is 13.7. The lowest BCUT2D eigenvalue weighted by molar-refractivity contribution is -0.143. The molecule has 0 heterocycles. The topological polar surface area (TPSA) is 49.3 Å². The van der Waals surface area contributed by atoms with Gasteiger partial charge in [0.1, 0.15) is 0 Å². The molecule has 104 valence electrons. The number of carboxylic acid groups (broad SMARTS) is 1. The Morgan fingerprint density at radius 1 is 1.26 bits per heavy atom. The minimum atomic E-state index is -0.638. The Labute approximate surface area is 115 Å². The predicted octanol–water partition coefficient (Wildman–Crippen LogP) is 3.15. The SMILES string of the molecule is CCNCc1ccc([C@@H]2CCCC[C@@H]2C(=O)O)cc1. The van der Waals surface area contributed by atoms with E-state index >= 15 is 0 Å². The monoisotopic (exact) mass is 261 g/mol. The van der Waals surface area contributed by atoms with Gasteiger partial charge in [-0.3, -0.25) is 4.79 Å². The quantitative estimate of drug-likeness (QED) is 0.856. The van der Waals surface area contributed by atoms with Gasteiger partial charge in [-0.1, -0.05) is 44.0 Å². The zero-order valence-electron chi connectivity index (χ0n) is 11.6. The van der Waals surface area contributed by atoms with Crippen LogP contribution in [0.4, 0.5) is 0 Å². The first kappa shape index (κ1) is 14.1. The average Bonchev–Trinajstić information content (AvgIpc) is 2.45. The minimum Gasteiger partial charge on any atom is -0.481 e. The third-order valence-corrected chi connectivity index (χ3v) is 4.07. The molecular weight excluding hydrogens is 238 g/mol. The van der Waals surface area contributed by atoms with Gasteiger partial charge in [0.15, 0.2) is 0 Å². The van der Waals surface area contributed by atoms with E-state index in [9.17, 15) is 9.90 Å². The van der Waals surface area contributed by atoms with Crippen LogP contribution in [-0.4, -0.2) is 17.6 Å². The van der Waals surface area contributed by atoms with Gasteiger partial charge >= 0.3 is 5.97 Å². The maximum atomic E-state index is 11.3. The molecule has 3 nitrogen and oxygen atoms in total. The van der Waals surface area contributed by atoms with E-state index in [0.717, 1.165) is 38.8 Å². The Kier molecular flexibility index (Phi) is 4.97. The number of hydrogen-bond acceptors (Lipinski definition) is 2. The van der Waals surface area contributed by atoms with Crippen molar-refractivity contribution in [3.63, 3.8) is 0 Å². The van der Waals surface area contributed by atoms with E-state index < -0.39 is 5.97 Å². The normalized spacial score (nSPS) is 23.2. The number of aliphatic carboxylic acids is 1. The van der Waals surface area contributed by atoms with E-state index in [2.05, 4.69) is 36.5 Å². The van der Waals surface area contributed by atoms with Crippen molar-refractivity contribution in [2.24, 2.45) is 5.92 Å². The number of nitrogens with one attached hydrogen (secondary N) is 1. The van der Waals surface area contributed by atoms with Crippen LogP contribution in [-0.2, 0) is 11.3 Å². The Morgan fingerprint density at radius 2 is 1.95 bits per heavy atom. The Balaban J connectivity index is 2.09. The van der Waals surface area contributed by atoms with Crippen molar-refractivity contribution in [2.45, 2.75) is 45.1 Å². The number of benzene rings is 1. The summed E-state index contributed by atoms with van der Waals surface area (Å²) in [5.74, 6) is -0.644. The van der Waals surface area contributed by atoms with Crippen LogP contribution in [0.5, 0.6) is 0 Å². The third-order valence-electron chi connectivity index (χ3n) is 4.07. The molecule has 0 bridgehead atoms. The molecular formula is C16H23NO2. The predicted molar refractivity (Wildman–Crippen MR) is 76.2 cm³/mol. The molecule has 0 amide bonds. The van der Waals surface area contributed by atoms with E-state index in [-0.39, 0.29) is 11.8 Å². The van der Waals surface area contributed by atoms with Crippen LogP contribution >= 0.6 is 0 Å². The Hall–Kier alpha value is -1.35. The summed E-state index contributed by atoms with van der Waals surface area (Å²) < 4.78 is 0. The molecule has 1 aliphatic carbocycles. The smallest absolute Gasteiger partial charge is 0.307 e. The van der Waals surface area contributed by atoms with E-state index in [4.69, 9.17) is 0 Å². The Bertz CT molecular complexity index is 413. The second-order valence-electron chi connectivity index (χ2n) is 5.36. The molecule has 3 heteroatoms. The molecule has 2 atom stereocenters. The van der Waals surface area contributed by atoms with Gasteiger partial charge in [0.2, 0.25) is 0 Å². The maximum absolute atomic E-state index is 11.3. The van der Waals surface area contributed by atoms with Crippen LogP contribution in [0.25, 0.3) is 0 Å². The fraction of sp³-hybridized carbons (Fsp3) is 0.562. The Morgan fingerprint density at radius 3 is 2.58 bits per heavy atom. The van der Waals surface area contributed by atoms with Crippen molar-refractivity contribution >= 4 is 5.97 Å². The molecule has 0 aromatic heterocycles. The summed E-state index contributed by atoms with van der Waals surface area (Å²) in [6.07, 6.45) is 4.02. The van der Waals surface area contributed by atoms with Crippen LogP contribution in [0, 0.1) is 5.92 Å². The first-order chi connectivity index (χ1) is 9.22. The van der Waals surface area contributed by atoms with Gasteiger partial charge in [-0.25, -0.2) is 0 Å². The van der Waals surface area contributed by atoms with Crippen LogP contribution in [0.15, 0.2) is 24.3 Å². The first-order valence-electron chi connectivity index (χ1n) is 7.24. The number of rotatable bonds is 5. The van der Waals surface area contributed by atoms with Crippen molar-refractivity contribution in [2.75, 3.05) is 6.54 Å². The highest BCUT2D eigenvalue weighted by Crippen LogP contribution is 2.37. The molecule has 2 rings (SSSR count). The van der Waals surface area contributed by atoms with Gasteiger partial charge in [-0.05, 0) is 36.4 Å². The van der Waals surface area contributed by atoms with Gasteiger partial charge in [-0.15, -0.1) is 0 Å². The largest absolute Gasteiger partial charge is 0.481 e. The van der Waals surface area contributed by atoms with E-state index in [1.807, 2.05) is 0 Å². The van der Waals surface area contributed by atoms with Crippen molar-refractivity contribution in [3.8, 4) is 0 Å². The molecule has 0 spiro atoms. The highest BCUT2D eigenvalue weighted by molar-refractivity contribution is 5.71. The molecule has 1 aromatic carbocycles. The number of carbonyl (C=O) groups is 1. The molecule has 19 heavy (non-hydrogen) atoms. The number of hydrogen-bond donors (Lipinski definition) is 2. The van der Waals surface area contributed by atoms with Gasteiger partial charge in [0.25, 0.3) is 0 Å². The third kappa shape index (κ3) is 3.57. The molecule has 1 aromatic rings. The van der Waals surface area contributed by atoms with Crippen molar-refractivity contribution in [3.05, 3.63) is 35.4 Å². The second-order valence-corrected chi connectivity index (χ2v) is 5.36. The van der Waals surface area contributed by atoms with Gasteiger partial charge in [0, 0.05) is 6.54 Å². The molecule has 1 aliphatic rings. The molecule has 0 unspecified atom stereocenters. The lowest BCUT2D eigenvalue weighted by Crippen LogP contribution is -2.25. The van der Waals surface area contributed by atoms with Crippen molar-refractivity contribution in [1.29, 1.82) is 0 Å². The summed E-state index contributed by atoms with van der Waals surface area (Å²) in [4.78, 5) is 11.3. The molecule has 1 fully saturated rings.